The first-order valence-corrected chi connectivity index (χ1v) is 7.53. The number of hydrogen-bond acceptors (Lipinski definition) is 3. The molecule has 1 atom stereocenters. The van der Waals surface area contributed by atoms with Crippen molar-refractivity contribution in [2.45, 2.75) is 39.7 Å². The Morgan fingerprint density at radius 2 is 2.10 bits per heavy atom. The molecule has 20 heavy (non-hydrogen) atoms. The van der Waals surface area contributed by atoms with E-state index in [4.69, 9.17) is 5.11 Å². The van der Waals surface area contributed by atoms with Gasteiger partial charge in [-0.3, -0.25) is 0 Å². The van der Waals surface area contributed by atoms with E-state index in [2.05, 4.69) is 19.2 Å². The molecule has 0 aliphatic rings. The van der Waals surface area contributed by atoms with Crippen molar-refractivity contribution < 1.29 is 9.50 Å². The second-order valence-electron chi connectivity index (χ2n) is 5.01. The number of nitrogens with one attached hydrogen (secondary N) is 1. The summed E-state index contributed by atoms with van der Waals surface area (Å²) in [5.74, 6) is -0.188. The van der Waals surface area contributed by atoms with E-state index in [0.717, 1.165) is 25.1 Å². The molecule has 0 aromatic heterocycles. The topological polar surface area (TPSA) is 35.5 Å². The highest BCUT2D eigenvalue weighted by molar-refractivity contribution is 5.56. The number of anilines is 1. The van der Waals surface area contributed by atoms with Crippen molar-refractivity contribution in [2.75, 3.05) is 31.1 Å². The minimum atomic E-state index is -0.188. The van der Waals surface area contributed by atoms with E-state index in [1.807, 2.05) is 17.9 Å². The maximum absolute atomic E-state index is 14.3. The van der Waals surface area contributed by atoms with Crippen LogP contribution in [0.25, 0.3) is 0 Å². The number of nitrogens with zero attached hydrogens (tertiary/aromatic N) is 1. The number of aliphatic hydroxyl groups excluding tert-OH is 1. The van der Waals surface area contributed by atoms with Crippen molar-refractivity contribution in [3.63, 3.8) is 0 Å². The Morgan fingerprint density at radius 1 is 1.35 bits per heavy atom. The molecule has 2 N–H and O–H groups in total. The second-order valence-corrected chi connectivity index (χ2v) is 5.01. The zero-order valence-corrected chi connectivity index (χ0v) is 12.8. The van der Waals surface area contributed by atoms with Crippen LogP contribution in [0.1, 0.15) is 45.2 Å². The Labute approximate surface area is 121 Å². The van der Waals surface area contributed by atoms with Crippen LogP contribution in [0.15, 0.2) is 18.2 Å². The largest absolute Gasteiger partial charge is 0.396 e. The van der Waals surface area contributed by atoms with E-state index in [1.165, 1.54) is 6.07 Å². The third kappa shape index (κ3) is 4.46. The van der Waals surface area contributed by atoms with Gasteiger partial charge >= 0.3 is 0 Å². The fourth-order valence-corrected chi connectivity index (χ4v) is 2.38. The molecule has 3 nitrogen and oxygen atoms in total. The van der Waals surface area contributed by atoms with Gasteiger partial charge in [-0.25, -0.2) is 4.39 Å². The van der Waals surface area contributed by atoms with Gasteiger partial charge < -0.3 is 15.3 Å². The Bertz CT molecular complexity index is 398. The van der Waals surface area contributed by atoms with Gasteiger partial charge in [0.15, 0.2) is 0 Å². The number of para-hydroxylation sites is 1. The Hall–Kier alpha value is -1.13. The molecule has 0 fully saturated rings. The minimum Gasteiger partial charge on any atom is -0.396 e. The normalized spacial score (nSPS) is 12.4. The molecule has 0 saturated heterocycles. The van der Waals surface area contributed by atoms with Crippen LogP contribution in [0.3, 0.4) is 0 Å². The molecule has 0 heterocycles. The molecule has 1 aromatic carbocycles. The van der Waals surface area contributed by atoms with Crippen molar-refractivity contribution in [1.29, 1.82) is 0 Å². The van der Waals surface area contributed by atoms with Gasteiger partial charge in [0.2, 0.25) is 0 Å². The molecular formula is C16H27FN2O. The van der Waals surface area contributed by atoms with Crippen LogP contribution >= 0.6 is 0 Å². The maximum atomic E-state index is 14.3. The lowest BCUT2D eigenvalue weighted by molar-refractivity contribution is 0.289. The van der Waals surface area contributed by atoms with Crippen LogP contribution in [0.4, 0.5) is 10.1 Å². The lowest BCUT2D eigenvalue weighted by Gasteiger charge is -2.28. The predicted octanol–water partition coefficient (Wildman–Crippen LogP) is 3.10. The number of rotatable bonds is 9. The summed E-state index contributed by atoms with van der Waals surface area (Å²) in [6.07, 6.45) is 1.70. The van der Waals surface area contributed by atoms with E-state index in [-0.39, 0.29) is 18.5 Å². The molecular weight excluding hydrogens is 255 g/mol. The van der Waals surface area contributed by atoms with Crippen LogP contribution in [-0.4, -0.2) is 31.3 Å². The van der Waals surface area contributed by atoms with Gasteiger partial charge in [0.1, 0.15) is 5.82 Å². The van der Waals surface area contributed by atoms with E-state index < -0.39 is 0 Å². The van der Waals surface area contributed by atoms with Gasteiger partial charge in [0, 0.05) is 25.7 Å². The van der Waals surface area contributed by atoms with Gasteiger partial charge in [-0.2, -0.15) is 0 Å². The van der Waals surface area contributed by atoms with Crippen molar-refractivity contribution in [3.8, 4) is 0 Å². The summed E-state index contributed by atoms with van der Waals surface area (Å²) in [6, 6.07) is 5.36. The number of halogens is 1. The number of benzene rings is 1. The van der Waals surface area contributed by atoms with Gasteiger partial charge in [0.25, 0.3) is 0 Å². The smallest absolute Gasteiger partial charge is 0.146 e. The summed E-state index contributed by atoms with van der Waals surface area (Å²) in [6.45, 7) is 8.64. The summed E-state index contributed by atoms with van der Waals surface area (Å²) in [5, 5.41) is 12.4. The molecule has 0 spiro atoms. The van der Waals surface area contributed by atoms with E-state index >= 15 is 0 Å². The molecule has 0 bridgehead atoms. The van der Waals surface area contributed by atoms with Crippen LogP contribution < -0.4 is 10.2 Å². The van der Waals surface area contributed by atoms with E-state index in [1.54, 1.807) is 6.07 Å². The minimum absolute atomic E-state index is 0.115. The molecule has 1 rings (SSSR count). The molecule has 4 heteroatoms. The van der Waals surface area contributed by atoms with Gasteiger partial charge in [-0.05, 0) is 44.9 Å². The Balaban J connectivity index is 3.02. The first-order chi connectivity index (χ1) is 9.65. The summed E-state index contributed by atoms with van der Waals surface area (Å²) in [4.78, 5) is 2.00. The molecule has 1 unspecified atom stereocenters. The van der Waals surface area contributed by atoms with Crippen molar-refractivity contribution in [3.05, 3.63) is 29.6 Å². The zero-order chi connectivity index (χ0) is 15.0. The average molecular weight is 282 g/mol. The quantitative estimate of drug-likeness (QED) is 0.730. The Morgan fingerprint density at radius 3 is 2.70 bits per heavy atom. The predicted molar refractivity (Wildman–Crippen MR) is 82.7 cm³/mol. The van der Waals surface area contributed by atoms with Crippen LogP contribution in [0, 0.1) is 5.82 Å². The number of hydrogen-bond donors (Lipinski definition) is 2. The zero-order valence-electron chi connectivity index (χ0n) is 12.8. The van der Waals surface area contributed by atoms with Gasteiger partial charge in [-0.1, -0.05) is 19.1 Å². The standard InChI is InChI=1S/C16H27FN2O/c1-4-10-18-13(3)14-8-6-9-15(17)16(14)19(5-2)11-7-12-20/h6,8-9,13,18,20H,4-5,7,10-12H2,1-3H3. The third-order valence-corrected chi connectivity index (χ3v) is 3.47. The molecule has 0 radical (unpaired) electrons. The monoisotopic (exact) mass is 282 g/mol. The van der Waals surface area contributed by atoms with Crippen molar-refractivity contribution >= 4 is 5.69 Å². The van der Waals surface area contributed by atoms with Crippen LogP contribution in [0.5, 0.6) is 0 Å². The summed E-state index contributed by atoms with van der Waals surface area (Å²) >= 11 is 0. The highest BCUT2D eigenvalue weighted by Crippen LogP contribution is 2.29. The lowest BCUT2D eigenvalue weighted by atomic mass is 10.0. The fraction of sp³-hybridized carbons (Fsp3) is 0.625. The SMILES string of the molecule is CCCNC(C)c1cccc(F)c1N(CC)CCCO. The number of aliphatic hydroxyl groups is 1. The molecule has 114 valence electrons. The molecule has 0 saturated carbocycles. The van der Waals surface area contributed by atoms with E-state index in [0.29, 0.717) is 18.7 Å². The molecule has 0 amide bonds. The molecule has 1 aromatic rings. The Kier molecular flexibility index (Phi) is 7.55. The molecule has 0 aliphatic heterocycles. The lowest BCUT2D eigenvalue weighted by Crippen LogP contribution is -2.29. The summed E-state index contributed by atoms with van der Waals surface area (Å²) in [7, 11) is 0. The van der Waals surface area contributed by atoms with Gasteiger partial charge in [0.05, 0.1) is 5.69 Å². The second kappa shape index (κ2) is 8.93. The first-order valence-electron chi connectivity index (χ1n) is 7.53. The first kappa shape index (κ1) is 16.9. The molecule has 0 aliphatic carbocycles. The maximum Gasteiger partial charge on any atom is 0.146 e. The van der Waals surface area contributed by atoms with Crippen LogP contribution in [-0.2, 0) is 0 Å². The average Bonchev–Trinajstić information content (AvgIpc) is 2.46. The fourth-order valence-electron chi connectivity index (χ4n) is 2.38. The van der Waals surface area contributed by atoms with Crippen molar-refractivity contribution in [1.82, 2.24) is 5.32 Å². The highest BCUT2D eigenvalue weighted by Gasteiger charge is 2.18. The van der Waals surface area contributed by atoms with E-state index in [9.17, 15) is 4.39 Å². The highest BCUT2D eigenvalue weighted by atomic mass is 19.1. The van der Waals surface area contributed by atoms with Crippen molar-refractivity contribution in [2.24, 2.45) is 0 Å². The third-order valence-electron chi connectivity index (χ3n) is 3.47. The summed E-state index contributed by atoms with van der Waals surface area (Å²) in [5.41, 5.74) is 1.65. The van der Waals surface area contributed by atoms with Gasteiger partial charge in [-0.15, -0.1) is 0 Å². The van der Waals surface area contributed by atoms with Crippen LogP contribution in [0.2, 0.25) is 0 Å². The summed E-state index contributed by atoms with van der Waals surface area (Å²) < 4.78 is 14.3.